The number of ether oxygens (including phenoxy) is 2. The molecule has 1 saturated heterocycles. The Hall–Kier alpha value is -3.68. The number of likely N-dealkylation sites (tertiary alicyclic amines) is 1. The molecule has 0 spiro atoms. The van der Waals surface area contributed by atoms with E-state index in [1.807, 2.05) is 48.5 Å². The van der Waals surface area contributed by atoms with E-state index in [1.165, 1.54) is 14.0 Å². The number of benzene rings is 3. The van der Waals surface area contributed by atoms with Gasteiger partial charge in [0.2, 0.25) is 17.6 Å². The molecular weight excluding hydrogens is 553 g/mol. The Morgan fingerprint density at radius 1 is 0.825 bits per heavy atom. The van der Waals surface area contributed by atoms with Gasteiger partial charge in [-0.1, -0.05) is 48.5 Å². The molecule has 2 amide bonds. The second kappa shape index (κ2) is 9.46. The van der Waals surface area contributed by atoms with Crippen LogP contribution in [0.5, 0.6) is 5.75 Å². The number of carbonyl (C=O) groups excluding carboxylic acids is 4. The van der Waals surface area contributed by atoms with Crippen molar-refractivity contribution in [1.29, 1.82) is 0 Å². The number of alkyl halides is 2. The number of hydrogen-bond donors (Lipinski definition) is 0. The number of carbonyl (C=O) groups is 4. The first-order valence-electron chi connectivity index (χ1n) is 12.9. The number of rotatable bonds is 7. The van der Waals surface area contributed by atoms with Gasteiger partial charge in [-0.25, -0.2) is 0 Å². The van der Waals surface area contributed by atoms with E-state index in [1.54, 1.807) is 24.3 Å². The van der Waals surface area contributed by atoms with Crippen LogP contribution in [0.3, 0.4) is 0 Å². The first kappa shape index (κ1) is 26.5. The third-order valence-corrected chi connectivity index (χ3v) is 9.55. The summed E-state index contributed by atoms with van der Waals surface area (Å²) in [6, 6.07) is 21.2. The zero-order valence-corrected chi connectivity index (χ0v) is 23.2. The molecule has 0 saturated carbocycles. The Morgan fingerprint density at radius 3 is 1.70 bits per heavy atom. The van der Waals surface area contributed by atoms with Gasteiger partial charge in [0.1, 0.15) is 15.5 Å². The summed E-state index contributed by atoms with van der Waals surface area (Å²) in [5.74, 6) is -3.32. The van der Waals surface area contributed by atoms with E-state index in [0.717, 1.165) is 4.90 Å². The second-order valence-electron chi connectivity index (χ2n) is 10.3. The van der Waals surface area contributed by atoms with Crippen LogP contribution in [-0.2, 0) is 28.9 Å². The predicted octanol–water partition coefficient (Wildman–Crippen LogP) is 4.79. The van der Waals surface area contributed by atoms with E-state index in [9.17, 15) is 19.2 Å². The number of hydrogen-bond acceptors (Lipinski definition) is 6. The lowest BCUT2D eigenvalue weighted by Gasteiger charge is -2.54. The van der Waals surface area contributed by atoms with Crippen molar-refractivity contribution in [1.82, 2.24) is 4.90 Å². The minimum atomic E-state index is -1.28. The van der Waals surface area contributed by atoms with Gasteiger partial charge in [-0.05, 0) is 53.4 Å². The van der Waals surface area contributed by atoms with Gasteiger partial charge in [0.15, 0.2) is 6.10 Å². The van der Waals surface area contributed by atoms with Crippen LogP contribution in [0.15, 0.2) is 72.8 Å². The number of esters is 1. The molecule has 7 rings (SSSR count). The molecule has 1 aliphatic heterocycles. The summed E-state index contributed by atoms with van der Waals surface area (Å²) in [5.41, 5.74) is 3.20. The zero-order chi connectivity index (χ0) is 28.4. The van der Waals surface area contributed by atoms with E-state index in [-0.39, 0.29) is 18.7 Å². The summed E-state index contributed by atoms with van der Waals surface area (Å²) in [6.07, 6.45) is -1.33. The normalized spacial score (nSPS) is 26.6. The van der Waals surface area contributed by atoms with Crippen LogP contribution in [-0.4, -0.2) is 48.2 Å². The average Bonchev–Trinajstić information content (AvgIpc) is 3.24. The van der Waals surface area contributed by atoms with Crippen molar-refractivity contribution in [2.24, 2.45) is 11.8 Å². The molecule has 0 radical (unpaired) electrons. The molecule has 7 nitrogen and oxygen atoms in total. The van der Waals surface area contributed by atoms with Crippen LogP contribution in [0.4, 0.5) is 0 Å². The highest BCUT2D eigenvalue weighted by atomic mass is 35.5. The molecule has 4 aliphatic rings. The van der Waals surface area contributed by atoms with Gasteiger partial charge in [-0.3, -0.25) is 24.1 Å². The topological polar surface area (TPSA) is 90.0 Å². The van der Waals surface area contributed by atoms with Gasteiger partial charge in [0.05, 0.1) is 25.4 Å². The quantitative estimate of drug-likeness (QED) is 0.173. The summed E-state index contributed by atoms with van der Waals surface area (Å²) in [5, 5.41) is 0. The first-order valence-corrected chi connectivity index (χ1v) is 13.7. The number of Topliss-reactive ketones (excluding diaryl/α,β-unsaturated/α-hetero) is 1. The molecule has 3 aromatic rings. The Balaban J connectivity index is 1.22. The van der Waals surface area contributed by atoms with Crippen LogP contribution in [0.1, 0.15) is 46.0 Å². The second-order valence-corrected chi connectivity index (χ2v) is 11.5. The number of ketones is 1. The van der Waals surface area contributed by atoms with E-state index in [2.05, 4.69) is 0 Å². The molecule has 0 aromatic heterocycles. The molecule has 1 heterocycles. The van der Waals surface area contributed by atoms with Crippen molar-refractivity contribution < 1.29 is 28.7 Å². The molecular formula is C31H25Cl2NO6. The van der Waals surface area contributed by atoms with Gasteiger partial charge in [-0.2, -0.15) is 0 Å². The Bertz CT molecular complexity index is 1450. The van der Waals surface area contributed by atoms with Crippen molar-refractivity contribution in [2.75, 3.05) is 13.7 Å². The number of halogens is 2. The van der Waals surface area contributed by atoms with E-state index in [0.29, 0.717) is 33.6 Å². The maximum Gasteiger partial charge on any atom is 0.308 e. The lowest BCUT2D eigenvalue weighted by atomic mass is 9.54. The first-order chi connectivity index (χ1) is 19.1. The molecule has 3 atom stereocenters. The fourth-order valence-corrected chi connectivity index (χ4v) is 7.55. The van der Waals surface area contributed by atoms with Crippen LogP contribution < -0.4 is 4.74 Å². The van der Waals surface area contributed by atoms with Crippen molar-refractivity contribution in [3.05, 3.63) is 101 Å². The lowest BCUT2D eigenvalue weighted by molar-refractivity contribution is -0.148. The maximum atomic E-state index is 13.8. The standard InChI is InChI=1S/C31H25Cl2NO6/c1-17(27(36)18-11-13-19(39-2)14-12-18)40-24(35)15-16-34-28(37)25-26(29(34)38)31(33)21-8-4-3-7-20(21)30(25,32)22-9-5-6-10-23(22)31/h3-14,17,25-26H,15-16H2,1-2H3/t17-,25+,26+,30?,31?/m0/s1. The molecule has 3 aromatic carbocycles. The number of nitrogens with zero attached hydrogens (tertiary/aromatic N) is 1. The largest absolute Gasteiger partial charge is 0.497 e. The minimum Gasteiger partial charge on any atom is -0.497 e. The molecule has 9 heteroatoms. The van der Waals surface area contributed by atoms with Gasteiger partial charge in [0, 0.05) is 12.1 Å². The fourth-order valence-electron chi connectivity index (χ4n) is 6.45. The third-order valence-electron chi connectivity index (χ3n) is 8.27. The number of methoxy groups -OCH3 is 1. The van der Waals surface area contributed by atoms with Crippen LogP contribution in [0.2, 0.25) is 0 Å². The summed E-state index contributed by atoms with van der Waals surface area (Å²) in [7, 11) is 1.52. The molecule has 0 unspecified atom stereocenters. The number of amides is 2. The Morgan fingerprint density at radius 2 is 1.27 bits per heavy atom. The molecule has 2 bridgehead atoms. The lowest BCUT2D eigenvalue weighted by Crippen LogP contribution is -2.57. The van der Waals surface area contributed by atoms with Crippen molar-refractivity contribution in [3.63, 3.8) is 0 Å². The smallest absolute Gasteiger partial charge is 0.308 e. The monoisotopic (exact) mass is 577 g/mol. The highest BCUT2D eigenvalue weighted by Crippen LogP contribution is 2.69. The van der Waals surface area contributed by atoms with Crippen molar-refractivity contribution in [3.8, 4) is 5.75 Å². The van der Waals surface area contributed by atoms with Crippen LogP contribution in [0, 0.1) is 11.8 Å². The van der Waals surface area contributed by atoms with Gasteiger partial charge in [-0.15, -0.1) is 23.2 Å². The Kier molecular flexibility index (Phi) is 6.28. The molecule has 0 N–H and O–H groups in total. The summed E-state index contributed by atoms with van der Waals surface area (Å²) < 4.78 is 10.4. The summed E-state index contributed by atoms with van der Waals surface area (Å²) >= 11 is 14.8. The van der Waals surface area contributed by atoms with E-state index >= 15 is 0 Å². The fraction of sp³-hybridized carbons (Fsp3) is 0.290. The maximum absolute atomic E-state index is 13.8. The van der Waals surface area contributed by atoms with E-state index < -0.39 is 45.5 Å². The number of imide groups is 1. The highest BCUT2D eigenvalue weighted by Gasteiger charge is 2.72. The van der Waals surface area contributed by atoms with Crippen LogP contribution >= 0.6 is 23.2 Å². The van der Waals surface area contributed by atoms with Gasteiger partial charge >= 0.3 is 5.97 Å². The predicted molar refractivity (Wildman–Crippen MR) is 147 cm³/mol. The summed E-state index contributed by atoms with van der Waals surface area (Å²) in [4.78, 5) is 51.6. The third kappa shape index (κ3) is 3.57. The Labute approximate surface area is 241 Å². The highest BCUT2D eigenvalue weighted by molar-refractivity contribution is 6.36. The van der Waals surface area contributed by atoms with Gasteiger partial charge in [0.25, 0.3) is 0 Å². The minimum absolute atomic E-state index is 0.209. The summed E-state index contributed by atoms with van der Waals surface area (Å²) in [6.45, 7) is 1.27. The molecule has 40 heavy (non-hydrogen) atoms. The van der Waals surface area contributed by atoms with Crippen molar-refractivity contribution >= 4 is 46.8 Å². The average molecular weight is 578 g/mol. The van der Waals surface area contributed by atoms with Gasteiger partial charge < -0.3 is 9.47 Å². The van der Waals surface area contributed by atoms with Crippen LogP contribution in [0.25, 0.3) is 0 Å². The van der Waals surface area contributed by atoms with Crippen molar-refractivity contribution in [2.45, 2.75) is 29.2 Å². The SMILES string of the molecule is COc1ccc(C(=O)[C@H](C)OC(=O)CCN2C(=O)[C@H]3[C@H](C2=O)C2(Cl)c4ccccc4C3(Cl)c3ccccc32)cc1. The molecule has 1 fully saturated rings. The molecule has 204 valence electrons. The van der Waals surface area contributed by atoms with E-state index in [4.69, 9.17) is 32.7 Å². The molecule has 3 aliphatic carbocycles. The zero-order valence-electron chi connectivity index (χ0n) is 21.7.